The van der Waals surface area contributed by atoms with Crippen LogP contribution < -0.4 is 11.1 Å². The molecule has 0 aliphatic heterocycles. The molecule has 1 saturated carbocycles. The van der Waals surface area contributed by atoms with E-state index in [-0.39, 0.29) is 11.9 Å². The summed E-state index contributed by atoms with van der Waals surface area (Å²) in [5.74, 6) is 1.20. The number of aliphatic hydroxyl groups excluding tert-OH is 1. The molecule has 1 heterocycles. The lowest BCUT2D eigenvalue weighted by atomic mass is 9.83. The summed E-state index contributed by atoms with van der Waals surface area (Å²) in [4.78, 5) is 12.4. The second-order valence-electron chi connectivity index (χ2n) is 7.55. The first-order chi connectivity index (χ1) is 11.5. The van der Waals surface area contributed by atoms with Gasteiger partial charge < -0.3 is 20.6 Å². The molecule has 1 aromatic heterocycles. The molecule has 24 heavy (non-hydrogen) atoms. The van der Waals surface area contributed by atoms with E-state index in [0.29, 0.717) is 24.0 Å². The fourth-order valence-electron chi connectivity index (χ4n) is 3.61. The van der Waals surface area contributed by atoms with E-state index in [1.807, 2.05) is 13.8 Å². The van der Waals surface area contributed by atoms with Gasteiger partial charge in [-0.3, -0.25) is 4.79 Å². The topological polar surface area (TPSA) is 88.5 Å². The third-order valence-electron chi connectivity index (χ3n) is 4.92. The average molecular weight is 336 g/mol. The second-order valence-corrected chi connectivity index (χ2v) is 7.55. The summed E-state index contributed by atoms with van der Waals surface area (Å²) in [6, 6.07) is 2.61. The zero-order chi connectivity index (χ0) is 17.5. The van der Waals surface area contributed by atoms with Crippen molar-refractivity contribution >= 4 is 5.91 Å². The number of carbonyl (C=O) groups excluding carboxylic acids is 1. The van der Waals surface area contributed by atoms with E-state index in [0.717, 1.165) is 19.3 Å². The van der Waals surface area contributed by atoms with E-state index < -0.39 is 12.1 Å². The molecule has 5 nitrogen and oxygen atoms in total. The number of rotatable bonds is 8. The van der Waals surface area contributed by atoms with Gasteiger partial charge in [0.15, 0.2) is 0 Å². The fraction of sp³-hybridized carbons (Fsp3) is 0.737. The van der Waals surface area contributed by atoms with Crippen LogP contribution in [0.25, 0.3) is 0 Å². The number of furan rings is 1. The van der Waals surface area contributed by atoms with Crippen LogP contribution >= 0.6 is 0 Å². The van der Waals surface area contributed by atoms with Gasteiger partial charge in [-0.15, -0.1) is 0 Å². The SMILES string of the molecule is CC(C)C[C@H](N)C(=O)NC(CC1CCCCC1)[C@@H](O)c1ccco1. The molecule has 0 aromatic carbocycles. The molecule has 3 atom stereocenters. The molecular weight excluding hydrogens is 304 g/mol. The maximum absolute atomic E-state index is 12.4. The summed E-state index contributed by atoms with van der Waals surface area (Å²) in [6.45, 7) is 4.09. The molecule has 0 bridgehead atoms. The number of nitrogens with one attached hydrogen (secondary N) is 1. The molecule has 1 aliphatic rings. The molecule has 1 unspecified atom stereocenters. The number of amides is 1. The summed E-state index contributed by atoms with van der Waals surface area (Å²) < 4.78 is 5.34. The van der Waals surface area contributed by atoms with Crippen LogP contribution in [0.4, 0.5) is 0 Å². The number of hydrogen-bond donors (Lipinski definition) is 3. The third-order valence-corrected chi connectivity index (χ3v) is 4.92. The standard InChI is InChI=1S/C19H32N2O3/c1-13(2)11-15(20)19(23)21-16(12-14-7-4-3-5-8-14)18(22)17-9-6-10-24-17/h6,9-10,13-16,18,22H,3-5,7-8,11-12,20H2,1-2H3,(H,21,23)/t15-,16?,18+/m0/s1. The lowest BCUT2D eigenvalue weighted by Gasteiger charge is -2.30. The van der Waals surface area contributed by atoms with Crippen molar-refractivity contribution in [3.63, 3.8) is 0 Å². The van der Waals surface area contributed by atoms with E-state index in [1.165, 1.54) is 19.3 Å². The number of nitrogens with two attached hydrogens (primary N) is 1. The Labute approximate surface area is 145 Å². The van der Waals surface area contributed by atoms with Crippen LogP contribution in [0.15, 0.2) is 22.8 Å². The summed E-state index contributed by atoms with van der Waals surface area (Å²) in [5.41, 5.74) is 6.00. The van der Waals surface area contributed by atoms with Crippen LogP contribution in [-0.2, 0) is 4.79 Å². The van der Waals surface area contributed by atoms with Gasteiger partial charge in [-0.2, -0.15) is 0 Å². The lowest BCUT2D eigenvalue weighted by Crippen LogP contribution is -2.48. The van der Waals surface area contributed by atoms with Crippen LogP contribution in [0.1, 0.15) is 70.7 Å². The largest absolute Gasteiger partial charge is 0.467 e. The Balaban J connectivity index is 2.02. The Bertz CT molecular complexity index is 481. The van der Waals surface area contributed by atoms with Gasteiger partial charge in [0.05, 0.1) is 18.3 Å². The van der Waals surface area contributed by atoms with E-state index in [2.05, 4.69) is 5.32 Å². The van der Waals surface area contributed by atoms with Gasteiger partial charge in [0.1, 0.15) is 11.9 Å². The van der Waals surface area contributed by atoms with Gasteiger partial charge in [-0.05, 0) is 36.8 Å². The summed E-state index contributed by atoms with van der Waals surface area (Å²) in [7, 11) is 0. The Kier molecular flexibility index (Phi) is 7.31. The molecule has 0 spiro atoms. The summed E-state index contributed by atoms with van der Waals surface area (Å²) >= 11 is 0. The minimum atomic E-state index is -0.836. The first-order valence-corrected chi connectivity index (χ1v) is 9.24. The molecule has 1 aliphatic carbocycles. The van der Waals surface area contributed by atoms with E-state index in [4.69, 9.17) is 10.2 Å². The highest BCUT2D eigenvalue weighted by Crippen LogP contribution is 2.31. The maximum atomic E-state index is 12.4. The number of aliphatic hydroxyl groups is 1. The van der Waals surface area contributed by atoms with E-state index in [9.17, 15) is 9.90 Å². The maximum Gasteiger partial charge on any atom is 0.237 e. The van der Waals surface area contributed by atoms with Crippen LogP contribution in [0.3, 0.4) is 0 Å². The molecule has 4 N–H and O–H groups in total. The van der Waals surface area contributed by atoms with Crippen LogP contribution in [0.2, 0.25) is 0 Å². The molecule has 1 aromatic rings. The van der Waals surface area contributed by atoms with Crippen molar-refractivity contribution in [1.82, 2.24) is 5.32 Å². The van der Waals surface area contributed by atoms with Crippen molar-refractivity contribution in [1.29, 1.82) is 0 Å². The Morgan fingerprint density at radius 1 is 1.38 bits per heavy atom. The zero-order valence-corrected chi connectivity index (χ0v) is 14.9. The van der Waals surface area contributed by atoms with Gasteiger partial charge in [0, 0.05) is 0 Å². The first kappa shape index (κ1) is 19.0. The lowest BCUT2D eigenvalue weighted by molar-refractivity contribution is -0.124. The fourth-order valence-corrected chi connectivity index (χ4v) is 3.61. The second kappa shape index (κ2) is 9.23. The summed E-state index contributed by atoms with van der Waals surface area (Å²) in [6.07, 6.45) is 8.18. The molecule has 1 fully saturated rings. The van der Waals surface area contributed by atoms with Gasteiger partial charge in [-0.1, -0.05) is 46.0 Å². The van der Waals surface area contributed by atoms with Crippen molar-refractivity contribution in [2.24, 2.45) is 17.6 Å². The molecule has 5 heteroatoms. The number of hydrogen-bond acceptors (Lipinski definition) is 4. The predicted octanol–water partition coefficient (Wildman–Crippen LogP) is 3.14. The molecule has 136 valence electrons. The summed E-state index contributed by atoms with van der Waals surface area (Å²) in [5, 5.41) is 13.6. The van der Waals surface area contributed by atoms with Crippen molar-refractivity contribution in [2.75, 3.05) is 0 Å². The van der Waals surface area contributed by atoms with Gasteiger partial charge in [-0.25, -0.2) is 0 Å². The normalized spacial score (nSPS) is 19.9. The first-order valence-electron chi connectivity index (χ1n) is 9.24. The Hall–Kier alpha value is -1.33. The van der Waals surface area contributed by atoms with Crippen molar-refractivity contribution in [3.8, 4) is 0 Å². The van der Waals surface area contributed by atoms with Crippen molar-refractivity contribution in [3.05, 3.63) is 24.2 Å². The Morgan fingerprint density at radius 2 is 2.08 bits per heavy atom. The molecule has 2 rings (SSSR count). The van der Waals surface area contributed by atoms with Crippen LogP contribution in [0.5, 0.6) is 0 Å². The van der Waals surface area contributed by atoms with Crippen molar-refractivity contribution in [2.45, 2.75) is 77.0 Å². The number of carbonyl (C=O) groups is 1. The third kappa shape index (κ3) is 5.64. The minimum absolute atomic E-state index is 0.185. The van der Waals surface area contributed by atoms with E-state index in [1.54, 1.807) is 18.4 Å². The van der Waals surface area contributed by atoms with Gasteiger partial charge in [0.25, 0.3) is 0 Å². The highest BCUT2D eigenvalue weighted by atomic mass is 16.4. The van der Waals surface area contributed by atoms with Crippen molar-refractivity contribution < 1.29 is 14.3 Å². The quantitative estimate of drug-likeness (QED) is 0.680. The van der Waals surface area contributed by atoms with Crippen LogP contribution in [0, 0.1) is 11.8 Å². The predicted molar refractivity (Wildman–Crippen MR) is 94.2 cm³/mol. The zero-order valence-electron chi connectivity index (χ0n) is 14.9. The van der Waals surface area contributed by atoms with Crippen LogP contribution in [-0.4, -0.2) is 23.1 Å². The smallest absolute Gasteiger partial charge is 0.237 e. The average Bonchev–Trinajstić information content (AvgIpc) is 3.08. The van der Waals surface area contributed by atoms with Gasteiger partial charge >= 0.3 is 0 Å². The molecular formula is C19H32N2O3. The highest BCUT2D eigenvalue weighted by molar-refractivity contribution is 5.81. The van der Waals surface area contributed by atoms with E-state index >= 15 is 0 Å². The molecule has 0 saturated heterocycles. The minimum Gasteiger partial charge on any atom is -0.467 e. The van der Waals surface area contributed by atoms with Gasteiger partial charge in [0.2, 0.25) is 5.91 Å². The molecule has 1 amide bonds. The highest BCUT2D eigenvalue weighted by Gasteiger charge is 2.30. The Morgan fingerprint density at radius 3 is 2.67 bits per heavy atom. The molecule has 0 radical (unpaired) electrons. The monoisotopic (exact) mass is 336 g/mol.